The van der Waals surface area contributed by atoms with Crippen molar-refractivity contribution < 1.29 is 10.0 Å². The third-order valence-corrected chi connectivity index (χ3v) is 4.45. The smallest absolute Gasteiger partial charge is 0.423 e. The number of rotatable bonds is 6. The molecule has 0 atom stereocenters. The molecule has 0 saturated heterocycles. The number of nitrogens with one attached hydrogen (secondary N) is 1. The van der Waals surface area contributed by atoms with E-state index >= 15 is 0 Å². The predicted molar refractivity (Wildman–Crippen MR) is 113 cm³/mol. The van der Waals surface area contributed by atoms with Gasteiger partial charge in [0.15, 0.2) is 11.6 Å². The summed E-state index contributed by atoms with van der Waals surface area (Å²) in [5.74, 6) is 1.24. The van der Waals surface area contributed by atoms with E-state index in [2.05, 4.69) is 25.4 Å². The Morgan fingerprint density at radius 2 is 1.90 bits per heavy atom. The molecule has 0 fully saturated rings. The van der Waals surface area contributed by atoms with Gasteiger partial charge in [-0.2, -0.15) is 5.10 Å². The molecule has 3 N–H and O–H groups in total. The molecular formula is C20H19BN6O2. The number of hydrogen-bond donors (Lipinski definition) is 3. The van der Waals surface area contributed by atoms with Gasteiger partial charge in [0.2, 0.25) is 0 Å². The highest BCUT2D eigenvalue weighted by Crippen LogP contribution is 2.21. The highest BCUT2D eigenvalue weighted by atomic mass is 16.4. The highest BCUT2D eigenvalue weighted by Gasteiger charge is 2.12. The van der Waals surface area contributed by atoms with Gasteiger partial charge in [0.25, 0.3) is 0 Å². The summed E-state index contributed by atoms with van der Waals surface area (Å²) in [6.07, 6.45) is 8.96. The molecule has 0 bridgehead atoms. The fraction of sp³-hybridized carbons (Fsp3) is 0.100. The molecule has 29 heavy (non-hydrogen) atoms. The molecule has 0 spiro atoms. The van der Waals surface area contributed by atoms with Crippen LogP contribution in [0.4, 0.5) is 5.82 Å². The number of hydrogen-bond acceptors (Lipinski definition) is 7. The molecule has 0 unspecified atom stereocenters. The maximum absolute atomic E-state index is 9.21. The van der Waals surface area contributed by atoms with Crippen LogP contribution >= 0.6 is 0 Å². The van der Waals surface area contributed by atoms with E-state index in [0.29, 0.717) is 23.6 Å². The largest absolute Gasteiger partial charge is 0.488 e. The lowest BCUT2D eigenvalue weighted by atomic mass is 9.80. The number of fused-ring (bicyclic) bond motifs is 1. The SMILES string of the molecule is Cn1ncc2nc(/C=C/c3cccnc3)nc(NCc3ccc(B(O)O)cc3)c21. The summed E-state index contributed by atoms with van der Waals surface area (Å²) in [7, 11) is 0.376. The first-order chi connectivity index (χ1) is 14.1. The van der Waals surface area contributed by atoms with E-state index in [0.717, 1.165) is 22.2 Å². The van der Waals surface area contributed by atoms with Gasteiger partial charge in [-0.1, -0.05) is 30.3 Å². The summed E-state index contributed by atoms with van der Waals surface area (Å²) in [6, 6.07) is 10.9. The maximum atomic E-state index is 9.21. The first-order valence-corrected chi connectivity index (χ1v) is 9.07. The Balaban J connectivity index is 1.60. The molecular weight excluding hydrogens is 367 g/mol. The number of pyridine rings is 1. The van der Waals surface area contributed by atoms with Gasteiger partial charge in [-0.25, -0.2) is 9.97 Å². The normalized spacial score (nSPS) is 11.3. The van der Waals surface area contributed by atoms with Gasteiger partial charge in [0.05, 0.1) is 6.20 Å². The minimum atomic E-state index is -1.47. The van der Waals surface area contributed by atoms with Gasteiger partial charge in [0, 0.05) is 26.0 Å². The molecule has 9 heteroatoms. The third kappa shape index (κ3) is 4.31. The molecule has 4 aromatic rings. The van der Waals surface area contributed by atoms with Gasteiger partial charge in [-0.15, -0.1) is 0 Å². The molecule has 8 nitrogen and oxygen atoms in total. The van der Waals surface area contributed by atoms with Crippen molar-refractivity contribution in [1.82, 2.24) is 24.7 Å². The second-order valence-corrected chi connectivity index (χ2v) is 6.52. The van der Waals surface area contributed by atoms with Crippen LogP contribution in [0.5, 0.6) is 0 Å². The van der Waals surface area contributed by atoms with Crippen molar-refractivity contribution in [3.05, 3.63) is 71.9 Å². The molecule has 144 valence electrons. The summed E-state index contributed by atoms with van der Waals surface area (Å²) in [5.41, 5.74) is 3.95. The highest BCUT2D eigenvalue weighted by molar-refractivity contribution is 6.58. The first kappa shape index (κ1) is 18.8. The van der Waals surface area contributed by atoms with E-state index in [1.807, 2.05) is 43.5 Å². The monoisotopic (exact) mass is 386 g/mol. The number of aryl methyl sites for hydroxylation is 1. The Morgan fingerprint density at radius 1 is 1.07 bits per heavy atom. The van der Waals surface area contributed by atoms with Crippen molar-refractivity contribution in [3.63, 3.8) is 0 Å². The maximum Gasteiger partial charge on any atom is 0.488 e. The van der Waals surface area contributed by atoms with E-state index in [4.69, 9.17) is 0 Å². The van der Waals surface area contributed by atoms with Gasteiger partial charge >= 0.3 is 7.12 Å². The standard InChI is InChI=1S/C20H19BN6O2/c1-27-19-17(13-24-27)25-18(9-6-14-3-2-10-22-11-14)26-20(19)23-12-15-4-7-16(8-5-15)21(28)29/h2-11,13,28-29H,12H2,1H3,(H,23,25,26)/b9-6+. The molecule has 0 saturated carbocycles. The number of aromatic nitrogens is 5. The minimum Gasteiger partial charge on any atom is -0.423 e. The number of nitrogens with zero attached hydrogens (tertiary/aromatic N) is 5. The zero-order chi connectivity index (χ0) is 20.2. The van der Waals surface area contributed by atoms with Crippen LogP contribution in [-0.4, -0.2) is 41.9 Å². The second kappa shape index (κ2) is 8.21. The Kier molecular flexibility index (Phi) is 5.32. The molecule has 3 aromatic heterocycles. The van der Waals surface area contributed by atoms with Crippen molar-refractivity contribution in [1.29, 1.82) is 0 Å². The van der Waals surface area contributed by atoms with Crippen molar-refractivity contribution in [3.8, 4) is 0 Å². The van der Waals surface area contributed by atoms with E-state index in [-0.39, 0.29) is 0 Å². The number of anilines is 1. The predicted octanol–water partition coefficient (Wildman–Crippen LogP) is 1.22. The second-order valence-electron chi connectivity index (χ2n) is 6.52. The molecule has 0 aliphatic heterocycles. The van der Waals surface area contributed by atoms with Crippen LogP contribution in [0.3, 0.4) is 0 Å². The summed E-state index contributed by atoms with van der Waals surface area (Å²) in [4.78, 5) is 13.3. The summed E-state index contributed by atoms with van der Waals surface area (Å²) >= 11 is 0. The molecule has 4 rings (SSSR count). The Morgan fingerprint density at radius 3 is 2.62 bits per heavy atom. The van der Waals surface area contributed by atoms with Crippen LogP contribution in [0.1, 0.15) is 17.0 Å². The lowest BCUT2D eigenvalue weighted by Gasteiger charge is -2.09. The molecule has 0 amide bonds. The quantitative estimate of drug-likeness (QED) is 0.428. The van der Waals surface area contributed by atoms with Gasteiger partial charge in [0.1, 0.15) is 11.0 Å². The molecule has 1 aromatic carbocycles. The average Bonchev–Trinajstić information content (AvgIpc) is 3.12. The Hall–Kier alpha value is -3.56. The molecule has 0 aliphatic carbocycles. The summed E-state index contributed by atoms with van der Waals surface area (Å²) in [5, 5.41) is 26.0. The summed E-state index contributed by atoms with van der Waals surface area (Å²) < 4.78 is 1.73. The zero-order valence-corrected chi connectivity index (χ0v) is 15.8. The summed E-state index contributed by atoms with van der Waals surface area (Å²) in [6.45, 7) is 0.519. The van der Waals surface area contributed by atoms with Gasteiger partial charge in [-0.3, -0.25) is 9.67 Å². The van der Waals surface area contributed by atoms with E-state index in [1.165, 1.54) is 0 Å². The molecule has 3 heterocycles. The van der Waals surface area contributed by atoms with Crippen molar-refractivity contribution in [2.45, 2.75) is 6.54 Å². The lowest BCUT2D eigenvalue weighted by molar-refractivity contribution is 0.426. The van der Waals surface area contributed by atoms with Crippen LogP contribution in [0.2, 0.25) is 0 Å². The minimum absolute atomic E-state index is 0.452. The van der Waals surface area contributed by atoms with Crippen molar-refractivity contribution >= 4 is 41.6 Å². The van der Waals surface area contributed by atoms with Gasteiger partial charge < -0.3 is 15.4 Å². The van der Waals surface area contributed by atoms with Crippen LogP contribution in [0, 0.1) is 0 Å². The zero-order valence-electron chi connectivity index (χ0n) is 15.8. The van der Waals surface area contributed by atoms with Crippen LogP contribution < -0.4 is 10.8 Å². The third-order valence-electron chi connectivity index (χ3n) is 4.45. The lowest BCUT2D eigenvalue weighted by Crippen LogP contribution is -2.29. The number of benzene rings is 1. The van der Waals surface area contributed by atoms with E-state index in [1.54, 1.807) is 35.4 Å². The van der Waals surface area contributed by atoms with E-state index < -0.39 is 7.12 Å². The fourth-order valence-corrected chi connectivity index (χ4v) is 2.93. The van der Waals surface area contributed by atoms with Crippen LogP contribution in [0.25, 0.3) is 23.2 Å². The van der Waals surface area contributed by atoms with Crippen LogP contribution in [0.15, 0.2) is 55.0 Å². The Labute approximate surface area is 167 Å². The topological polar surface area (TPSA) is 109 Å². The van der Waals surface area contributed by atoms with Crippen molar-refractivity contribution in [2.24, 2.45) is 7.05 Å². The van der Waals surface area contributed by atoms with E-state index in [9.17, 15) is 10.0 Å². The average molecular weight is 386 g/mol. The van der Waals surface area contributed by atoms with Crippen LogP contribution in [-0.2, 0) is 13.6 Å². The molecule has 0 radical (unpaired) electrons. The fourth-order valence-electron chi connectivity index (χ4n) is 2.93. The Bertz CT molecular complexity index is 1140. The van der Waals surface area contributed by atoms with Gasteiger partial charge in [-0.05, 0) is 34.8 Å². The van der Waals surface area contributed by atoms with Crippen molar-refractivity contribution in [2.75, 3.05) is 5.32 Å². The molecule has 0 aliphatic rings. The first-order valence-electron chi connectivity index (χ1n) is 9.07.